The molecule has 0 saturated heterocycles. The van der Waals surface area contributed by atoms with Gasteiger partial charge in [0.05, 0.1) is 47.2 Å². The molecule has 15 heavy (non-hydrogen) atoms. The number of carboxylic acids is 1. The minimum Gasteiger partial charge on any atom is -0.550 e. The van der Waals surface area contributed by atoms with E-state index < -0.39 is 18.4 Å². The molecule has 5 heteroatoms. The molecule has 0 aromatic carbocycles. The lowest BCUT2D eigenvalue weighted by atomic mass is 10.4. The highest BCUT2D eigenvalue weighted by Crippen LogP contribution is 1.86. The molecule has 0 N–H and O–H groups in total. The summed E-state index contributed by atoms with van der Waals surface area (Å²) in [5, 5.41) is 9.76. The smallest absolute Gasteiger partial charge is 0.311 e. The number of carbonyl (C=O) groups is 2. The number of ether oxygens (including phenoxy) is 1. The molecule has 0 aliphatic heterocycles. The van der Waals surface area contributed by atoms with Gasteiger partial charge in [0, 0.05) is 0 Å². The van der Waals surface area contributed by atoms with E-state index >= 15 is 0 Å². The second kappa shape index (κ2) is 8.23. The van der Waals surface area contributed by atoms with Crippen LogP contribution in [0.3, 0.4) is 0 Å². The Morgan fingerprint density at radius 3 is 1.87 bits per heavy atom. The van der Waals surface area contributed by atoms with E-state index in [9.17, 15) is 14.7 Å². The van der Waals surface area contributed by atoms with Crippen molar-refractivity contribution < 1.29 is 23.9 Å². The van der Waals surface area contributed by atoms with E-state index in [1.165, 1.54) is 0 Å². The Balaban J connectivity index is 0. The Morgan fingerprint density at radius 1 is 1.20 bits per heavy atom. The van der Waals surface area contributed by atoms with Crippen molar-refractivity contribution in [3.05, 3.63) is 0 Å². The number of nitrogens with zero attached hydrogens (tertiary/aromatic N) is 1. The molecule has 0 bridgehead atoms. The molecule has 0 spiro atoms. The van der Waals surface area contributed by atoms with Gasteiger partial charge in [0.25, 0.3) is 0 Å². The minimum absolute atomic E-state index is 0.270. The highest BCUT2D eigenvalue weighted by molar-refractivity contribution is 5.88. The molecular formula is C10H21NO4. The average molecular weight is 219 g/mol. The molecular weight excluding hydrogens is 198 g/mol. The summed E-state index contributed by atoms with van der Waals surface area (Å²) in [7, 11) is 8.50. The Labute approximate surface area is 91.2 Å². The average Bonchev–Trinajstić information content (AvgIpc) is 1.96. The molecule has 0 unspecified atom stereocenters. The third kappa shape index (κ3) is 32.2. The quantitative estimate of drug-likeness (QED) is 0.360. The van der Waals surface area contributed by atoms with Gasteiger partial charge in [-0.1, -0.05) is 6.92 Å². The second-order valence-corrected chi connectivity index (χ2v) is 4.45. The zero-order chi connectivity index (χ0) is 12.5. The maximum atomic E-state index is 10.4. The molecule has 5 nitrogen and oxygen atoms in total. The number of carbonyl (C=O) groups excluding carboxylic acids is 2. The molecule has 0 atom stereocenters. The molecule has 0 aliphatic rings. The molecule has 0 radical (unpaired) electrons. The first-order valence-electron chi connectivity index (χ1n) is 4.81. The number of aliphatic carboxylic acids is 1. The lowest BCUT2D eigenvalue weighted by Crippen LogP contribution is -2.27. The van der Waals surface area contributed by atoms with Gasteiger partial charge in [-0.05, 0) is 6.42 Å². The van der Waals surface area contributed by atoms with Crippen LogP contribution in [0.4, 0.5) is 0 Å². The molecule has 0 heterocycles. The van der Waals surface area contributed by atoms with E-state index in [1.807, 2.05) is 6.92 Å². The summed E-state index contributed by atoms with van der Waals surface area (Å²) in [5.74, 6) is -2.14. The van der Waals surface area contributed by atoms with Crippen LogP contribution in [0.15, 0.2) is 0 Å². The zero-order valence-corrected chi connectivity index (χ0v) is 10.2. The standard InChI is InChI=1S/C6H10O4.C4H12N/c1-2-3-10-6(9)4-5(7)8;1-5(2,3)4/h2-4H2,1H3,(H,7,8);1-4H3/q;+1/p-1. The third-order valence-electron chi connectivity index (χ3n) is 0.756. The molecule has 0 aliphatic carbocycles. The zero-order valence-electron chi connectivity index (χ0n) is 10.2. The van der Waals surface area contributed by atoms with Gasteiger partial charge in [-0.15, -0.1) is 0 Å². The molecule has 0 aromatic heterocycles. The van der Waals surface area contributed by atoms with Crippen LogP contribution in [0.25, 0.3) is 0 Å². The first-order valence-corrected chi connectivity index (χ1v) is 4.81. The van der Waals surface area contributed by atoms with Crippen molar-refractivity contribution >= 4 is 11.9 Å². The van der Waals surface area contributed by atoms with E-state index in [0.717, 1.165) is 4.48 Å². The SMILES string of the molecule is CCCOC(=O)CC(=O)[O-].C[N+](C)(C)C. The van der Waals surface area contributed by atoms with Crippen molar-refractivity contribution in [2.75, 3.05) is 34.8 Å². The van der Waals surface area contributed by atoms with Gasteiger partial charge >= 0.3 is 5.97 Å². The van der Waals surface area contributed by atoms with E-state index in [4.69, 9.17) is 0 Å². The van der Waals surface area contributed by atoms with E-state index in [-0.39, 0.29) is 6.61 Å². The molecule has 0 aromatic rings. The molecule has 0 fully saturated rings. The monoisotopic (exact) mass is 219 g/mol. The van der Waals surface area contributed by atoms with Crippen molar-refractivity contribution in [2.24, 2.45) is 0 Å². The van der Waals surface area contributed by atoms with Gasteiger partial charge in [0.2, 0.25) is 0 Å². The lowest BCUT2D eigenvalue weighted by molar-refractivity contribution is -0.849. The predicted molar refractivity (Wildman–Crippen MR) is 54.8 cm³/mol. The maximum Gasteiger partial charge on any atom is 0.311 e. The summed E-state index contributed by atoms with van der Waals surface area (Å²) in [6.07, 6.45) is 0.0405. The Bertz CT molecular complexity index is 190. The number of esters is 1. The van der Waals surface area contributed by atoms with Crippen molar-refractivity contribution in [3.63, 3.8) is 0 Å². The third-order valence-corrected chi connectivity index (χ3v) is 0.756. The fourth-order valence-electron chi connectivity index (χ4n) is 0.385. The minimum atomic E-state index is -1.40. The van der Waals surface area contributed by atoms with Crippen molar-refractivity contribution in [3.8, 4) is 0 Å². The van der Waals surface area contributed by atoms with Gasteiger partial charge in [-0.3, -0.25) is 4.79 Å². The van der Waals surface area contributed by atoms with Crippen LogP contribution in [0.1, 0.15) is 19.8 Å². The van der Waals surface area contributed by atoms with Gasteiger partial charge in [0.1, 0.15) is 0 Å². The van der Waals surface area contributed by atoms with E-state index in [1.54, 1.807) is 0 Å². The van der Waals surface area contributed by atoms with Crippen LogP contribution >= 0.6 is 0 Å². The second-order valence-electron chi connectivity index (χ2n) is 4.45. The Hall–Kier alpha value is -1.10. The summed E-state index contributed by atoms with van der Waals surface area (Å²) in [6, 6.07) is 0. The van der Waals surface area contributed by atoms with Crippen molar-refractivity contribution in [2.45, 2.75) is 19.8 Å². The van der Waals surface area contributed by atoms with Crippen LogP contribution in [0.5, 0.6) is 0 Å². The lowest BCUT2D eigenvalue weighted by Gasteiger charge is -2.14. The normalized spacial score (nSPS) is 9.93. The largest absolute Gasteiger partial charge is 0.550 e. The molecule has 0 rings (SSSR count). The fraction of sp³-hybridized carbons (Fsp3) is 0.800. The number of quaternary nitrogens is 1. The summed E-state index contributed by atoms with van der Waals surface area (Å²) in [4.78, 5) is 20.1. The summed E-state index contributed by atoms with van der Waals surface area (Å²) < 4.78 is 5.44. The van der Waals surface area contributed by atoms with Gasteiger partial charge in [-0.2, -0.15) is 0 Å². The summed E-state index contributed by atoms with van der Waals surface area (Å²) in [6.45, 7) is 2.10. The maximum absolute atomic E-state index is 10.4. The first-order chi connectivity index (χ1) is 6.66. The van der Waals surface area contributed by atoms with Crippen LogP contribution < -0.4 is 5.11 Å². The number of hydrogen-bond donors (Lipinski definition) is 0. The van der Waals surface area contributed by atoms with Crippen LogP contribution in [-0.4, -0.2) is 51.2 Å². The van der Waals surface area contributed by atoms with Gasteiger partial charge in [0.15, 0.2) is 0 Å². The summed E-state index contributed by atoms with van der Waals surface area (Å²) in [5.41, 5.74) is 0. The fourth-order valence-corrected chi connectivity index (χ4v) is 0.385. The van der Waals surface area contributed by atoms with Crippen LogP contribution in [-0.2, 0) is 14.3 Å². The Morgan fingerprint density at radius 2 is 1.60 bits per heavy atom. The van der Waals surface area contributed by atoms with Gasteiger partial charge in [-0.25, -0.2) is 0 Å². The molecule has 0 saturated carbocycles. The van der Waals surface area contributed by atoms with Crippen LogP contribution in [0.2, 0.25) is 0 Å². The Kier molecular flexibility index (Phi) is 8.96. The molecule has 90 valence electrons. The number of rotatable bonds is 4. The predicted octanol–water partition coefficient (Wildman–Crippen LogP) is -0.598. The van der Waals surface area contributed by atoms with Crippen molar-refractivity contribution in [1.82, 2.24) is 0 Å². The number of carboxylic acid groups (broad SMARTS) is 1. The van der Waals surface area contributed by atoms with Crippen molar-refractivity contribution in [1.29, 1.82) is 0 Å². The highest BCUT2D eigenvalue weighted by Gasteiger charge is 2.00. The van der Waals surface area contributed by atoms with Crippen LogP contribution in [0, 0.1) is 0 Å². The summed E-state index contributed by atoms with van der Waals surface area (Å²) >= 11 is 0. The number of hydrogen-bond acceptors (Lipinski definition) is 4. The highest BCUT2D eigenvalue weighted by atomic mass is 16.5. The molecule has 0 amide bonds. The topological polar surface area (TPSA) is 66.4 Å². The van der Waals surface area contributed by atoms with E-state index in [0.29, 0.717) is 6.42 Å². The first kappa shape index (κ1) is 16.3. The van der Waals surface area contributed by atoms with Gasteiger partial charge < -0.3 is 19.1 Å². The van der Waals surface area contributed by atoms with E-state index in [2.05, 4.69) is 32.9 Å².